The van der Waals surface area contributed by atoms with Gasteiger partial charge in [-0.15, -0.1) is 10.2 Å². The van der Waals surface area contributed by atoms with Gasteiger partial charge < -0.3 is 10.1 Å². The molecule has 1 atom stereocenters. The maximum absolute atomic E-state index is 5.33. The van der Waals surface area contributed by atoms with Gasteiger partial charge >= 0.3 is 0 Å². The fourth-order valence-electron chi connectivity index (χ4n) is 1.76. The van der Waals surface area contributed by atoms with Gasteiger partial charge in [-0.1, -0.05) is 11.3 Å². The first-order valence-electron chi connectivity index (χ1n) is 4.96. The Bertz CT molecular complexity index is 259. The zero-order chi connectivity index (χ0) is 9.80. The number of anilines is 1. The van der Waals surface area contributed by atoms with Crippen molar-refractivity contribution in [3.05, 3.63) is 5.51 Å². The number of ether oxygens (including phenoxy) is 1. The number of rotatable bonds is 3. The van der Waals surface area contributed by atoms with Crippen molar-refractivity contribution in [2.45, 2.75) is 25.8 Å². The molecule has 0 bridgehead atoms. The lowest BCUT2D eigenvalue weighted by molar-refractivity contribution is 0.0622. The quantitative estimate of drug-likeness (QED) is 0.831. The average Bonchev–Trinajstić information content (AvgIpc) is 2.72. The smallest absolute Gasteiger partial charge is 0.205 e. The van der Waals surface area contributed by atoms with Crippen LogP contribution in [0.1, 0.15) is 19.8 Å². The molecule has 2 rings (SSSR count). The molecule has 1 aromatic heterocycles. The Morgan fingerprint density at radius 2 is 2.36 bits per heavy atom. The van der Waals surface area contributed by atoms with E-state index in [9.17, 15) is 0 Å². The largest absolute Gasteiger partial charge is 0.381 e. The Labute approximate surface area is 87.7 Å². The molecule has 4 nitrogen and oxygen atoms in total. The lowest BCUT2D eigenvalue weighted by Crippen LogP contribution is -2.30. The van der Waals surface area contributed by atoms with Crippen molar-refractivity contribution in [3.8, 4) is 0 Å². The molecule has 1 unspecified atom stereocenters. The zero-order valence-corrected chi connectivity index (χ0v) is 9.09. The Balaban J connectivity index is 1.85. The lowest BCUT2D eigenvalue weighted by Gasteiger charge is -2.27. The Morgan fingerprint density at radius 1 is 1.57 bits per heavy atom. The molecule has 0 saturated carbocycles. The fraction of sp³-hybridized carbons (Fsp3) is 0.778. The summed E-state index contributed by atoms with van der Waals surface area (Å²) in [5, 5.41) is 12.1. The van der Waals surface area contributed by atoms with Crippen molar-refractivity contribution in [2.75, 3.05) is 18.5 Å². The van der Waals surface area contributed by atoms with Crippen LogP contribution in [0.25, 0.3) is 0 Å². The van der Waals surface area contributed by atoms with E-state index in [1.54, 1.807) is 16.8 Å². The molecule has 14 heavy (non-hydrogen) atoms. The molecule has 2 heterocycles. The fourth-order valence-corrected chi connectivity index (χ4v) is 2.31. The standard InChI is InChI=1S/C9H15N3OS/c1-7(8-2-4-13-5-3-8)11-9-12-10-6-14-9/h6-8H,2-5H2,1H3,(H,11,12). The van der Waals surface area contributed by atoms with Crippen LogP contribution in [-0.4, -0.2) is 29.5 Å². The summed E-state index contributed by atoms with van der Waals surface area (Å²) in [6, 6.07) is 0.465. The van der Waals surface area contributed by atoms with E-state index in [1.165, 1.54) is 0 Å². The maximum Gasteiger partial charge on any atom is 0.205 e. The summed E-state index contributed by atoms with van der Waals surface area (Å²) in [6.45, 7) is 4.00. The molecule has 1 N–H and O–H groups in total. The van der Waals surface area contributed by atoms with Gasteiger partial charge in [0, 0.05) is 19.3 Å². The average molecular weight is 213 g/mol. The summed E-state index contributed by atoms with van der Waals surface area (Å²) >= 11 is 1.55. The van der Waals surface area contributed by atoms with Crippen LogP contribution >= 0.6 is 11.3 Å². The van der Waals surface area contributed by atoms with Crippen LogP contribution in [0.4, 0.5) is 5.13 Å². The summed E-state index contributed by atoms with van der Waals surface area (Å²) in [5.41, 5.74) is 1.75. The lowest BCUT2D eigenvalue weighted by atomic mass is 9.93. The molecule has 0 radical (unpaired) electrons. The molecule has 0 aliphatic carbocycles. The molecular weight excluding hydrogens is 198 g/mol. The van der Waals surface area contributed by atoms with Crippen LogP contribution in [0.15, 0.2) is 5.51 Å². The second-order valence-corrected chi connectivity index (χ2v) is 4.46. The molecule has 5 heteroatoms. The Kier molecular flexibility index (Phi) is 3.31. The van der Waals surface area contributed by atoms with Crippen molar-refractivity contribution in [1.29, 1.82) is 0 Å². The van der Waals surface area contributed by atoms with Gasteiger partial charge in [0.1, 0.15) is 5.51 Å². The van der Waals surface area contributed by atoms with Gasteiger partial charge in [-0.25, -0.2) is 0 Å². The van der Waals surface area contributed by atoms with E-state index in [0.29, 0.717) is 12.0 Å². The van der Waals surface area contributed by atoms with Crippen LogP contribution < -0.4 is 5.32 Å². The molecule has 0 amide bonds. The maximum atomic E-state index is 5.33. The predicted molar refractivity (Wildman–Crippen MR) is 56.5 cm³/mol. The van der Waals surface area contributed by atoms with E-state index in [4.69, 9.17) is 4.74 Å². The molecule has 78 valence electrons. The molecule has 1 aliphatic rings. The normalized spacial score (nSPS) is 20.6. The van der Waals surface area contributed by atoms with E-state index >= 15 is 0 Å². The van der Waals surface area contributed by atoms with Gasteiger partial charge in [0.25, 0.3) is 0 Å². The summed E-state index contributed by atoms with van der Waals surface area (Å²) in [4.78, 5) is 0. The predicted octanol–water partition coefficient (Wildman–Crippen LogP) is 1.77. The van der Waals surface area contributed by atoms with E-state index in [2.05, 4.69) is 22.4 Å². The van der Waals surface area contributed by atoms with E-state index in [-0.39, 0.29) is 0 Å². The van der Waals surface area contributed by atoms with Crippen LogP contribution in [0.3, 0.4) is 0 Å². The topological polar surface area (TPSA) is 47.0 Å². The third kappa shape index (κ3) is 2.42. The molecular formula is C9H15N3OS. The van der Waals surface area contributed by atoms with Gasteiger partial charge in [0.15, 0.2) is 0 Å². The molecule has 1 fully saturated rings. The van der Waals surface area contributed by atoms with Crippen molar-refractivity contribution >= 4 is 16.5 Å². The van der Waals surface area contributed by atoms with Crippen molar-refractivity contribution in [2.24, 2.45) is 5.92 Å². The van der Waals surface area contributed by atoms with Crippen LogP contribution in [-0.2, 0) is 4.74 Å². The van der Waals surface area contributed by atoms with Crippen molar-refractivity contribution < 1.29 is 4.74 Å². The third-order valence-corrected chi connectivity index (χ3v) is 3.31. The highest BCUT2D eigenvalue weighted by molar-refractivity contribution is 7.13. The first kappa shape index (κ1) is 9.86. The van der Waals surface area contributed by atoms with Gasteiger partial charge in [0.2, 0.25) is 5.13 Å². The van der Waals surface area contributed by atoms with Crippen molar-refractivity contribution in [1.82, 2.24) is 10.2 Å². The number of nitrogens with zero attached hydrogens (tertiary/aromatic N) is 2. The highest BCUT2D eigenvalue weighted by atomic mass is 32.1. The molecule has 0 aromatic carbocycles. The van der Waals surface area contributed by atoms with Gasteiger partial charge in [0.05, 0.1) is 0 Å². The van der Waals surface area contributed by atoms with Crippen LogP contribution in [0.2, 0.25) is 0 Å². The molecule has 0 spiro atoms. The van der Waals surface area contributed by atoms with Crippen molar-refractivity contribution in [3.63, 3.8) is 0 Å². The van der Waals surface area contributed by atoms with Crippen LogP contribution in [0.5, 0.6) is 0 Å². The first-order chi connectivity index (χ1) is 6.86. The summed E-state index contributed by atoms with van der Waals surface area (Å²) in [6.07, 6.45) is 2.29. The Hall–Kier alpha value is -0.680. The van der Waals surface area contributed by atoms with Gasteiger partial charge in [-0.2, -0.15) is 0 Å². The van der Waals surface area contributed by atoms with E-state index in [0.717, 1.165) is 31.2 Å². The second-order valence-electron chi connectivity index (χ2n) is 3.63. The van der Waals surface area contributed by atoms with Gasteiger partial charge in [-0.3, -0.25) is 0 Å². The zero-order valence-electron chi connectivity index (χ0n) is 8.27. The highest BCUT2D eigenvalue weighted by Gasteiger charge is 2.20. The minimum Gasteiger partial charge on any atom is -0.381 e. The number of aromatic nitrogens is 2. The summed E-state index contributed by atoms with van der Waals surface area (Å²) < 4.78 is 5.33. The summed E-state index contributed by atoms with van der Waals surface area (Å²) in [5.74, 6) is 0.702. The number of hydrogen-bond acceptors (Lipinski definition) is 5. The minimum atomic E-state index is 0.465. The summed E-state index contributed by atoms with van der Waals surface area (Å²) in [7, 11) is 0. The first-order valence-corrected chi connectivity index (χ1v) is 5.84. The van der Waals surface area contributed by atoms with E-state index < -0.39 is 0 Å². The molecule has 1 aliphatic heterocycles. The SMILES string of the molecule is CC(Nc1nncs1)C1CCOCC1. The van der Waals surface area contributed by atoms with Gasteiger partial charge in [-0.05, 0) is 25.7 Å². The molecule has 1 saturated heterocycles. The second kappa shape index (κ2) is 4.70. The Morgan fingerprint density at radius 3 is 3.00 bits per heavy atom. The molecule has 1 aromatic rings. The monoisotopic (exact) mass is 213 g/mol. The van der Waals surface area contributed by atoms with E-state index in [1.807, 2.05) is 0 Å². The third-order valence-electron chi connectivity index (χ3n) is 2.68. The number of nitrogens with one attached hydrogen (secondary N) is 1. The number of hydrogen-bond donors (Lipinski definition) is 1. The van der Waals surface area contributed by atoms with Crippen LogP contribution in [0, 0.1) is 5.92 Å². The minimum absolute atomic E-state index is 0.465. The highest BCUT2D eigenvalue weighted by Crippen LogP contribution is 2.22.